The normalized spacial score (nSPS) is 10.8. The van der Waals surface area contributed by atoms with Crippen molar-refractivity contribution in [2.75, 3.05) is 0 Å². The molecule has 0 atom stereocenters. The number of nitrogens with zero attached hydrogens (tertiary/aromatic N) is 4. The molecule has 0 N–H and O–H groups in total. The molecule has 16 heavy (non-hydrogen) atoms. The first kappa shape index (κ1) is 11.1. The average molecular weight is 237 g/mol. The zero-order valence-electron chi connectivity index (χ0n) is 9.53. The Hall–Kier alpha value is -1.42. The number of rotatable bonds is 2. The van der Waals surface area contributed by atoms with E-state index >= 15 is 0 Å². The second-order valence-electron chi connectivity index (χ2n) is 3.57. The Morgan fingerprint density at radius 2 is 2.06 bits per heavy atom. The highest BCUT2D eigenvalue weighted by Crippen LogP contribution is 2.25. The van der Waals surface area contributed by atoms with Crippen molar-refractivity contribution in [2.24, 2.45) is 0 Å². The second-order valence-corrected chi connectivity index (χ2v) is 3.93. The lowest BCUT2D eigenvalue weighted by atomic mass is 10.2. The molecule has 0 aliphatic carbocycles. The van der Waals surface area contributed by atoms with Gasteiger partial charge in [-0.3, -0.25) is 4.68 Å². The number of aryl methyl sites for hydroxylation is 2. The molecule has 0 aliphatic heterocycles. The van der Waals surface area contributed by atoms with Crippen LogP contribution in [0.5, 0.6) is 0 Å². The van der Waals surface area contributed by atoms with Gasteiger partial charge in [-0.15, -0.1) is 0 Å². The molecule has 2 rings (SSSR count). The maximum absolute atomic E-state index is 6.05. The quantitative estimate of drug-likeness (QED) is 0.753. The van der Waals surface area contributed by atoms with Crippen LogP contribution in [0.3, 0.4) is 0 Å². The highest BCUT2D eigenvalue weighted by molar-refractivity contribution is 6.30. The van der Waals surface area contributed by atoms with Crippen LogP contribution in [0.4, 0.5) is 0 Å². The molecule has 0 radical (unpaired) electrons. The monoisotopic (exact) mass is 236 g/mol. The minimum Gasteiger partial charge on any atom is -0.264 e. The zero-order valence-corrected chi connectivity index (χ0v) is 10.3. The van der Waals surface area contributed by atoms with Crippen molar-refractivity contribution in [2.45, 2.75) is 27.3 Å². The summed E-state index contributed by atoms with van der Waals surface area (Å²) in [6.07, 6.45) is 1.77. The van der Waals surface area contributed by atoms with E-state index in [1.165, 1.54) is 0 Å². The number of aromatic nitrogens is 4. The van der Waals surface area contributed by atoms with Crippen LogP contribution in [0, 0.1) is 13.8 Å². The van der Waals surface area contributed by atoms with E-state index in [0.717, 1.165) is 23.5 Å². The van der Waals surface area contributed by atoms with Crippen molar-refractivity contribution in [3.8, 4) is 11.4 Å². The standard InChI is InChI=1S/C11H13ClN4/c1-4-16-9(5-6-13-16)10-7(2)11(12)15-8(3)14-10/h5-6H,4H2,1-3H3. The summed E-state index contributed by atoms with van der Waals surface area (Å²) in [5.41, 5.74) is 2.73. The zero-order chi connectivity index (χ0) is 11.7. The van der Waals surface area contributed by atoms with Gasteiger partial charge in [-0.25, -0.2) is 9.97 Å². The van der Waals surface area contributed by atoms with Gasteiger partial charge in [-0.2, -0.15) is 5.10 Å². The molecular weight excluding hydrogens is 224 g/mol. The summed E-state index contributed by atoms with van der Waals surface area (Å²) < 4.78 is 1.89. The van der Waals surface area contributed by atoms with E-state index in [0.29, 0.717) is 11.0 Å². The highest BCUT2D eigenvalue weighted by Gasteiger charge is 2.12. The summed E-state index contributed by atoms with van der Waals surface area (Å²) in [6.45, 7) is 6.61. The molecule has 0 saturated carbocycles. The van der Waals surface area contributed by atoms with Gasteiger partial charge in [0.15, 0.2) is 0 Å². The molecule has 0 bridgehead atoms. The van der Waals surface area contributed by atoms with Gasteiger partial charge >= 0.3 is 0 Å². The topological polar surface area (TPSA) is 43.6 Å². The van der Waals surface area contributed by atoms with E-state index < -0.39 is 0 Å². The molecule has 2 heterocycles. The van der Waals surface area contributed by atoms with Crippen LogP contribution in [0.2, 0.25) is 5.15 Å². The Morgan fingerprint density at radius 3 is 2.75 bits per heavy atom. The lowest BCUT2D eigenvalue weighted by Gasteiger charge is -2.08. The van der Waals surface area contributed by atoms with E-state index in [9.17, 15) is 0 Å². The molecule has 0 saturated heterocycles. The molecule has 0 aromatic carbocycles. The third-order valence-corrected chi connectivity index (χ3v) is 2.82. The van der Waals surface area contributed by atoms with Crippen molar-refractivity contribution < 1.29 is 0 Å². The Labute approximate surface area is 99.3 Å². The fourth-order valence-corrected chi connectivity index (χ4v) is 1.84. The first-order valence-electron chi connectivity index (χ1n) is 5.16. The van der Waals surface area contributed by atoms with E-state index in [2.05, 4.69) is 15.1 Å². The van der Waals surface area contributed by atoms with Gasteiger partial charge in [-0.05, 0) is 26.8 Å². The van der Waals surface area contributed by atoms with Gasteiger partial charge in [-0.1, -0.05) is 11.6 Å². The first-order valence-corrected chi connectivity index (χ1v) is 5.54. The van der Waals surface area contributed by atoms with Gasteiger partial charge < -0.3 is 0 Å². The molecule has 84 valence electrons. The van der Waals surface area contributed by atoms with Crippen LogP contribution in [0.15, 0.2) is 12.3 Å². The molecule has 0 unspecified atom stereocenters. The predicted molar refractivity (Wildman–Crippen MR) is 63.4 cm³/mol. The third kappa shape index (κ3) is 1.80. The summed E-state index contributed by atoms with van der Waals surface area (Å²) in [4.78, 5) is 8.55. The maximum atomic E-state index is 6.05. The summed E-state index contributed by atoms with van der Waals surface area (Å²) in [7, 11) is 0. The maximum Gasteiger partial charge on any atom is 0.136 e. The molecule has 0 spiro atoms. The average Bonchev–Trinajstić information content (AvgIpc) is 2.71. The molecule has 2 aromatic rings. The van der Waals surface area contributed by atoms with Crippen LogP contribution < -0.4 is 0 Å². The first-order chi connectivity index (χ1) is 7.63. The van der Waals surface area contributed by atoms with Crippen LogP contribution in [-0.4, -0.2) is 19.7 Å². The van der Waals surface area contributed by atoms with Crippen molar-refractivity contribution in [3.63, 3.8) is 0 Å². The Morgan fingerprint density at radius 1 is 1.31 bits per heavy atom. The number of halogens is 1. The number of hydrogen-bond acceptors (Lipinski definition) is 3. The van der Waals surface area contributed by atoms with Crippen LogP contribution in [0.1, 0.15) is 18.3 Å². The van der Waals surface area contributed by atoms with Gasteiger partial charge in [0.05, 0.1) is 11.4 Å². The van der Waals surface area contributed by atoms with Gasteiger partial charge in [0.1, 0.15) is 11.0 Å². The number of hydrogen-bond donors (Lipinski definition) is 0. The molecule has 0 aliphatic rings. The van der Waals surface area contributed by atoms with Crippen LogP contribution in [-0.2, 0) is 6.54 Å². The Balaban J connectivity index is 2.64. The van der Waals surface area contributed by atoms with Gasteiger partial charge in [0.2, 0.25) is 0 Å². The smallest absolute Gasteiger partial charge is 0.136 e. The minimum atomic E-state index is 0.506. The molecule has 0 amide bonds. The Bertz CT molecular complexity index is 519. The largest absolute Gasteiger partial charge is 0.264 e. The van der Waals surface area contributed by atoms with Crippen LogP contribution in [0.25, 0.3) is 11.4 Å². The van der Waals surface area contributed by atoms with Crippen LogP contribution >= 0.6 is 11.6 Å². The Kier molecular flexibility index (Phi) is 2.92. The fraction of sp³-hybridized carbons (Fsp3) is 0.364. The van der Waals surface area contributed by atoms with E-state index in [1.807, 2.05) is 31.5 Å². The summed E-state index contributed by atoms with van der Waals surface area (Å²) >= 11 is 6.05. The van der Waals surface area contributed by atoms with Gasteiger partial charge in [0.25, 0.3) is 0 Å². The molecule has 4 nitrogen and oxygen atoms in total. The SMILES string of the molecule is CCn1nccc1-c1nc(C)nc(Cl)c1C. The fourth-order valence-electron chi connectivity index (χ4n) is 1.63. The lowest BCUT2D eigenvalue weighted by molar-refractivity contribution is 0.665. The molecule has 2 aromatic heterocycles. The summed E-state index contributed by atoms with van der Waals surface area (Å²) in [6, 6.07) is 1.94. The van der Waals surface area contributed by atoms with Crippen molar-refractivity contribution in [3.05, 3.63) is 28.8 Å². The lowest BCUT2D eigenvalue weighted by Crippen LogP contribution is -2.03. The second kappa shape index (κ2) is 4.22. The third-order valence-electron chi connectivity index (χ3n) is 2.46. The van der Waals surface area contributed by atoms with Crippen molar-refractivity contribution in [1.82, 2.24) is 19.7 Å². The summed E-state index contributed by atoms with van der Waals surface area (Å²) in [5, 5.41) is 4.73. The van der Waals surface area contributed by atoms with E-state index in [4.69, 9.17) is 11.6 Å². The molecular formula is C11H13ClN4. The van der Waals surface area contributed by atoms with Crippen molar-refractivity contribution in [1.29, 1.82) is 0 Å². The van der Waals surface area contributed by atoms with Crippen molar-refractivity contribution >= 4 is 11.6 Å². The molecule has 5 heteroatoms. The van der Waals surface area contributed by atoms with Gasteiger partial charge in [0, 0.05) is 18.3 Å². The minimum absolute atomic E-state index is 0.506. The van der Waals surface area contributed by atoms with E-state index in [-0.39, 0.29) is 0 Å². The highest BCUT2D eigenvalue weighted by atomic mass is 35.5. The van der Waals surface area contributed by atoms with E-state index in [1.54, 1.807) is 6.20 Å². The predicted octanol–water partition coefficient (Wildman–Crippen LogP) is 2.63. The molecule has 0 fully saturated rings. The summed E-state index contributed by atoms with van der Waals surface area (Å²) in [5.74, 6) is 0.675.